The van der Waals surface area contributed by atoms with E-state index in [-0.39, 0.29) is 18.0 Å². The Bertz CT molecular complexity index is 998. The SMILES string of the molecule is Cc1cc(C2CC2)cnc1N1CCN(C(=O)c2ccc(N3C(C)CCC3C=O)nn2)CC1. The van der Waals surface area contributed by atoms with Gasteiger partial charge >= 0.3 is 0 Å². The highest BCUT2D eigenvalue weighted by Gasteiger charge is 2.32. The number of hydrogen-bond acceptors (Lipinski definition) is 7. The summed E-state index contributed by atoms with van der Waals surface area (Å²) in [6.45, 7) is 6.97. The van der Waals surface area contributed by atoms with E-state index in [1.807, 2.05) is 22.1 Å². The molecule has 2 atom stereocenters. The molecule has 3 fully saturated rings. The van der Waals surface area contributed by atoms with E-state index in [2.05, 4.69) is 35.0 Å². The fraction of sp³-hybridized carbons (Fsp3) is 0.542. The zero-order chi connectivity index (χ0) is 22.2. The van der Waals surface area contributed by atoms with E-state index in [9.17, 15) is 9.59 Å². The number of aryl methyl sites for hydroxylation is 1. The van der Waals surface area contributed by atoms with Crippen LogP contribution in [0.4, 0.5) is 11.6 Å². The number of rotatable bonds is 5. The van der Waals surface area contributed by atoms with Crippen LogP contribution >= 0.6 is 0 Å². The minimum atomic E-state index is -0.163. The Morgan fingerprint density at radius 1 is 1.06 bits per heavy atom. The molecule has 0 aromatic carbocycles. The number of carbonyl (C=O) groups is 2. The first-order valence-electron chi connectivity index (χ1n) is 11.6. The van der Waals surface area contributed by atoms with Gasteiger partial charge < -0.3 is 19.5 Å². The number of anilines is 2. The standard InChI is InChI=1S/C24H30N6O2/c1-16-13-19(18-4-5-18)14-25-23(16)28-9-11-29(12-10-28)24(32)21-7-8-22(27-26-21)30-17(2)3-6-20(30)15-31/h7-8,13-15,17-18,20H,3-6,9-12H2,1-2H3. The third-order valence-corrected chi connectivity index (χ3v) is 6.99. The molecule has 4 heterocycles. The highest BCUT2D eigenvalue weighted by molar-refractivity contribution is 5.92. The number of piperazine rings is 1. The lowest BCUT2D eigenvalue weighted by molar-refractivity contribution is -0.108. The van der Waals surface area contributed by atoms with Gasteiger partial charge in [0.2, 0.25) is 0 Å². The van der Waals surface area contributed by atoms with Gasteiger partial charge in [0.05, 0.1) is 6.04 Å². The Labute approximate surface area is 188 Å². The van der Waals surface area contributed by atoms with Gasteiger partial charge in [-0.15, -0.1) is 10.2 Å². The number of aldehydes is 1. The fourth-order valence-corrected chi connectivity index (χ4v) is 4.97. The van der Waals surface area contributed by atoms with Crippen LogP contribution in [0.1, 0.15) is 60.1 Å². The van der Waals surface area contributed by atoms with Gasteiger partial charge in [0.25, 0.3) is 5.91 Å². The van der Waals surface area contributed by atoms with Gasteiger partial charge in [-0.05, 0) is 68.7 Å². The zero-order valence-electron chi connectivity index (χ0n) is 18.8. The lowest BCUT2D eigenvalue weighted by atomic mass is 10.1. The molecule has 8 nitrogen and oxygen atoms in total. The van der Waals surface area contributed by atoms with E-state index in [0.29, 0.717) is 30.5 Å². The average molecular weight is 435 g/mol. The average Bonchev–Trinajstić information content (AvgIpc) is 3.61. The van der Waals surface area contributed by atoms with Gasteiger partial charge in [-0.2, -0.15) is 0 Å². The fourth-order valence-electron chi connectivity index (χ4n) is 4.97. The predicted molar refractivity (Wildman–Crippen MR) is 122 cm³/mol. The molecule has 2 unspecified atom stereocenters. The largest absolute Gasteiger partial charge is 0.353 e. The molecule has 8 heteroatoms. The summed E-state index contributed by atoms with van der Waals surface area (Å²) < 4.78 is 0. The van der Waals surface area contributed by atoms with Crippen LogP contribution in [0.3, 0.4) is 0 Å². The summed E-state index contributed by atoms with van der Waals surface area (Å²) in [6.07, 6.45) is 7.33. The Balaban J connectivity index is 1.21. The lowest BCUT2D eigenvalue weighted by Crippen LogP contribution is -2.49. The van der Waals surface area contributed by atoms with Crippen LogP contribution in [-0.2, 0) is 4.79 Å². The van der Waals surface area contributed by atoms with Crippen molar-refractivity contribution in [2.24, 2.45) is 0 Å². The van der Waals surface area contributed by atoms with Crippen LogP contribution in [0.5, 0.6) is 0 Å². The lowest BCUT2D eigenvalue weighted by Gasteiger charge is -2.36. The first-order chi connectivity index (χ1) is 15.5. The second-order valence-corrected chi connectivity index (χ2v) is 9.28. The van der Waals surface area contributed by atoms with Gasteiger partial charge in [0.15, 0.2) is 11.5 Å². The van der Waals surface area contributed by atoms with Crippen molar-refractivity contribution >= 4 is 23.8 Å². The second kappa shape index (κ2) is 8.48. The maximum atomic E-state index is 13.0. The van der Waals surface area contributed by atoms with E-state index < -0.39 is 0 Å². The molecule has 2 aromatic rings. The topological polar surface area (TPSA) is 82.5 Å². The number of hydrogen-bond donors (Lipinski definition) is 0. The third-order valence-electron chi connectivity index (χ3n) is 6.99. The molecule has 32 heavy (non-hydrogen) atoms. The van der Waals surface area contributed by atoms with Gasteiger partial charge in [0.1, 0.15) is 12.1 Å². The first-order valence-corrected chi connectivity index (χ1v) is 11.6. The summed E-state index contributed by atoms with van der Waals surface area (Å²) in [5.74, 6) is 2.29. The molecule has 1 amide bonds. The molecule has 1 aliphatic carbocycles. The highest BCUT2D eigenvalue weighted by atomic mass is 16.2. The molecule has 0 bridgehead atoms. The maximum Gasteiger partial charge on any atom is 0.274 e. The van der Waals surface area contributed by atoms with Crippen LogP contribution in [-0.4, -0.2) is 70.5 Å². The quantitative estimate of drug-likeness (QED) is 0.669. The second-order valence-electron chi connectivity index (χ2n) is 9.28. The van der Waals surface area contributed by atoms with E-state index in [0.717, 1.165) is 38.0 Å². The van der Waals surface area contributed by atoms with Gasteiger partial charge in [-0.1, -0.05) is 6.07 Å². The van der Waals surface area contributed by atoms with Crippen molar-refractivity contribution in [3.05, 3.63) is 41.2 Å². The predicted octanol–water partition coefficient (Wildman–Crippen LogP) is 2.58. The number of carbonyl (C=O) groups excluding carboxylic acids is 2. The molecule has 5 rings (SSSR count). The number of amides is 1. The zero-order valence-corrected chi connectivity index (χ0v) is 18.8. The summed E-state index contributed by atoms with van der Waals surface area (Å²) in [7, 11) is 0. The highest BCUT2D eigenvalue weighted by Crippen LogP contribution is 2.40. The molecule has 2 aliphatic heterocycles. The van der Waals surface area contributed by atoms with Crippen LogP contribution in [0, 0.1) is 6.92 Å². The molecule has 0 N–H and O–H groups in total. The van der Waals surface area contributed by atoms with Crippen molar-refractivity contribution in [3.63, 3.8) is 0 Å². The Morgan fingerprint density at radius 3 is 2.47 bits per heavy atom. The van der Waals surface area contributed by atoms with Gasteiger partial charge in [0, 0.05) is 38.4 Å². The van der Waals surface area contributed by atoms with E-state index in [1.165, 1.54) is 24.0 Å². The Kier molecular flexibility index (Phi) is 5.53. The van der Waals surface area contributed by atoms with Crippen LogP contribution in [0.2, 0.25) is 0 Å². The van der Waals surface area contributed by atoms with Crippen molar-refractivity contribution in [1.29, 1.82) is 0 Å². The normalized spacial score (nSPS) is 23.5. The summed E-state index contributed by atoms with van der Waals surface area (Å²) in [5.41, 5.74) is 2.91. The molecular formula is C24H30N6O2. The summed E-state index contributed by atoms with van der Waals surface area (Å²) in [4.78, 5) is 35.2. The number of nitrogens with zero attached hydrogens (tertiary/aromatic N) is 6. The minimum absolute atomic E-state index is 0.0983. The summed E-state index contributed by atoms with van der Waals surface area (Å²) in [6, 6.07) is 5.88. The third kappa shape index (κ3) is 3.94. The van der Waals surface area contributed by atoms with Gasteiger partial charge in [-0.3, -0.25) is 4.79 Å². The monoisotopic (exact) mass is 434 g/mol. The van der Waals surface area contributed by atoms with Crippen LogP contribution in [0.25, 0.3) is 0 Å². The molecule has 0 spiro atoms. The van der Waals surface area contributed by atoms with Crippen LogP contribution in [0.15, 0.2) is 24.4 Å². The smallest absolute Gasteiger partial charge is 0.274 e. The molecule has 2 saturated heterocycles. The van der Waals surface area contributed by atoms with E-state index >= 15 is 0 Å². The van der Waals surface area contributed by atoms with Crippen molar-refractivity contribution in [2.75, 3.05) is 36.0 Å². The Morgan fingerprint density at radius 2 is 1.84 bits per heavy atom. The Hall–Kier alpha value is -3.03. The van der Waals surface area contributed by atoms with Gasteiger partial charge in [-0.25, -0.2) is 4.98 Å². The van der Waals surface area contributed by atoms with Crippen molar-refractivity contribution in [3.8, 4) is 0 Å². The van der Waals surface area contributed by atoms with E-state index in [4.69, 9.17) is 4.98 Å². The van der Waals surface area contributed by atoms with Crippen molar-refractivity contribution in [1.82, 2.24) is 20.1 Å². The first kappa shape index (κ1) is 20.8. The number of pyridine rings is 1. The van der Waals surface area contributed by atoms with Crippen molar-refractivity contribution in [2.45, 2.75) is 57.5 Å². The van der Waals surface area contributed by atoms with E-state index in [1.54, 1.807) is 6.07 Å². The molecule has 0 radical (unpaired) electrons. The minimum Gasteiger partial charge on any atom is -0.353 e. The summed E-state index contributed by atoms with van der Waals surface area (Å²) in [5, 5.41) is 8.48. The molecule has 2 aromatic heterocycles. The van der Waals surface area contributed by atoms with Crippen molar-refractivity contribution < 1.29 is 9.59 Å². The molecule has 3 aliphatic rings. The maximum absolute atomic E-state index is 13.0. The summed E-state index contributed by atoms with van der Waals surface area (Å²) >= 11 is 0. The number of aromatic nitrogens is 3. The van der Waals surface area contributed by atoms with Crippen LogP contribution < -0.4 is 9.80 Å². The molecule has 168 valence electrons. The molecule has 1 saturated carbocycles. The molecular weight excluding hydrogens is 404 g/mol.